The van der Waals surface area contributed by atoms with Gasteiger partial charge in [-0.25, -0.2) is 4.98 Å². The number of aromatic amines is 1. The fraction of sp³-hybridized carbons (Fsp3) is 0.125. The van der Waals surface area contributed by atoms with Crippen molar-refractivity contribution >= 4 is 41.5 Å². The average Bonchev–Trinajstić information content (AvgIpc) is 2.50. The van der Waals surface area contributed by atoms with Crippen LogP contribution in [0.5, 0.6) is 0 Å². The number of aromatic nitrogens is 2. The van der Waals surface area contributed by atoms with Gasteiger partial charge in [-0.05, 0) is 12.1 Å². The van der Waals surface area contributed by atoms with Gasteiger partial charge in [0.2, 0.25) is 0 Å². The molecule has 0 aliphatic heterocycles. The van der Waals surface area contributed by atoms with Crippen molar-refractivity contribution < 1.29 is 0 Å². The van der Waals surface area contributed by atoms with E-state index in [-0.39, 0.29) is 24.8 Å². The number of H-pyrrole nitrogens is 1. The summed E-state index contributed by atoms with van der Waals surface area (Å²) in [5.41, 5.74) is 1.97. The van der Waals surface area contributed by atoms with Gasteiger partial charge in [-0.15, -0.1) is 24.8 Å². The highest BCUT2D eigenvalue weighted by molar-refractivity contribution is 5.85. The van der Waals surface area contributed by atoms with Gasteiger partial charge in [0.15, 0.2) is 0 Å². The molecule has 72 valence electrons. The van der Waals surface area contributed by atoms with Crippen LogP contribution in [0.3, 0.4) is 0 Å². The summed E-state index contributed by atoms with van der Waals surface area (Å²) in [5.74, 6) is 0. The van der Waals surface area contributed by atoms with Crippen molar-refractivity contribution in [3.05, 3.63) is 24.5 Å². The van der Waals surface area contributed by atoms with E-state index in [1.807, 2.05) is 19.3 Å². The number of hydrogen-bond acceptors (Lipinski definition) is 2. The topological polar surface area (TPSA) is 40.7 Å². The summed E-state index contributed by atoms with van der Waals surface area (Å²) in [6, 6.07) is 4.06. The van der Waals surface area contributed by atoms with E-state index < -0.39 is 0 Å². The SMILES string of the molecule is CNc1cnc2[nH]ccc2c1.Cl.Cl. The van der Waals surface area contributed by atoms with E-state index in [1.54, 1.807) is 6.20 Å². The van der Waals surface area contributed by atoms with Gasteiger partial charge in [-0.1, -0.05) is 0 Å². The molecular weight excluding hydrogens is 209 g/mol. The maximum Gasteiger partial charge on any atom is 0.137 e. The maximum atomic E-state index is 4.19. The highest BCUT2D eigenvalue weighted by Gasteiger charge is 1.94. The number of pyridine rings is 1. The quantitative estimate of drug-likeness (QED) is 0.774. The molecule has 3 nitrogen and oxygen atoms in total. The van der Waals surface area contributed by atoms with Crippen molar-refractivity contribution in [2.45, 2.75) is 0 Å². The molecular formula is C8H11Cl2N3. The molecule has 2 heterocycles. The molecule has 5 heteroatoms. The number of fused-ring (bicyclic) bond motifs is 1. The van der Waals surface area contributed by atoms with Crippen LogP contribution in [0, 0.1) is 0 Å². The summed E-state index contributed by atoms with van der Waals surface area (Å²) in [6.07, 6.45) is 3.69. The van der Waals surface area contributed by atoms with Crippen molar-refractivity contribution in [3.8, 4) is 0 Å². The van der Waals surface area contributed by atoms with Gasteiger partial charge in [0, 0.05) is 18.6 Å². The maximum absolute atomic E-state index is 4.19. The number of hydrogen-bond donors (Lipinski definition) is 2. The molecule has 0 aliphatic carbocycles. The lowest BCUT2D eigenvalue weighted by Gasteiger charge is -1.96. The summed E-state index contributed by atoms with van der Waals surface area (Å²) in [6.45, 7) is 0. The standard InChI is InChI=1S/C8H9N3.2ClH/c1-9-7-4-6-2-3-10-8(6)11-5-7;;/h2-5,9H,1H3,(H,10,11);2*1H. The second kappa shape index (κ2) is 4.94. The molecule has 0 aromatic carbocycles. The fourth-order valence-corrected chi connectivity index (χ4v) is 1.08. The Balaban J connectivity index is 0.000000720. The zero-order valence-electron chi connectivity index (χ0n) is 7.07. The molecule has 0 aliphatic rings. The Morgan fingerprint density at radius 2 is 2.15 bits per heavy atom. The number of nitrogens with zero attached hydrogens (tertiary/aromatic N) is 1. The lowest BCUT2D eigenvalue weighted by Crippen LogP contribution is -1.88. The molecule has 2 aromatic rings. The summed E-state index contributed by atoms with van der Waals surface area (Å²) in [4.78, 5) is 7.23. The zero-order chi connectivity index (χ0) is 7.68. The van der Waals surface area contributed by atoms with E-state index in [2.05, 4.69) is 21.4 Å². The molecule has 0 radical (unpaired) electrons. The van der Waals surface area contributed by atoms with Crippen LogP contribution in [-0.2, 0) is 0 Å². The van der Waals surface area contributed by atoms with Crippen LogP contribution in [0.25, 0.3) is 11.0 Å². The van der Waals surface area contributed by atoms with Crippen LogP contribution in [0.15, 0.2) is 24.5 Å². The van der Waals surface area contributed by atoms with Crippen LogP contribution < -0.4 is 5.32 Å². The molecule has 0 spiro atoms. The minimum absolute atomic E-state index is 0. The number of rotatable bonds is 1. The number of nitrogens with one attached hydrogen (secondary N) is 2. The second-order valence-corrected chi connectivity index (χ2v) is 2.39. The van der Waals surface area contributed by atoms with Crippen LogP contribution in [0.4, 0.5) is 5.69 Å². The van der Waals surface area contributed by atoms with Gasteiger partial charge in [0.05, 0.1) is 11.9 Å². The van der Waals surface area contributed by atoms with E-state index >= 15 is 0 Å². The Morgan fingerprint density at radius 3 is 2.85 bits per heavy atom. The van der Waals surface area contributed by atoms with Gasteiger partial charge < -0.3 is 10.3 Å². The van der Waals surface area contributed by atoms with E-state index in [0.717, 1.165) is 16.7 Å². The van der Waals surface area contributed by atoms with Crippen molar-refractivity contribution in [3.63, 3.8) is 0 Å². The fourth-order valence-electron chi connectivity index (χ4n) is 1.08. The molecule has 0 bridgehead atoms. The van der Waals surface area contributed by atoms with Crippen molar-refractivity contribution in [2.75, 3.05) is 12.4 Å². The largest absolute Gasteiger partial charge is 0.387 e. The highest BCUT2D eigenvalue weighted by atomic mass is 35.5. The molecule has 2 rings (SSSR count). The van der Waals surface area contributed by atoms with Crippen LogP contribution in [0.2, 0.25) is 0 Å². The second-order valence-electron chi connectivity index (χ2n) is 2.39. The van der Waals surface area contributed by atoms with Crippen LogP contribution in [-0.4, -0.2) is 17.0 Å². The molecule has 0 fully saturated rings. The van der Waals surface area contributed by atoms with E-state index in [0.29, 0.717) is 0 Å². The summed E-state index contributed by atoms with van der Waals surface area (Å²) in [5, 5.41) is 4.17. The van der Waals surface area contributed by atoms with Gasteiger partial charge in [0.1, 0.15) is 5.65 Å². The number of anilines is 1. The third-order valence-corrected chi connectivity index (χ3v) is 1.69. The molecule has 0 atom stereocenters. The summed E-state index contributed by atoms with van der Waals surface area (Å²) < 4.78 is 0. The lowest BCUT2D eigenvalue weighted by molar-refractivity contribution is 1.31. The summed E-state index contributed by atoms with van der Waals surface area (Å²) >= 11 is 0. The van der Waals surface area contributed by atoms with Crippen molar-refractivity contribution in [1.82, 2.24) is 9.97 Å². The molecule has 13 heavy (non-hydrogen) atoms. The van der Waals surface area contributed by atoms with Crippen LogP contribution in [0.1, 0.15) is 0 Å². The molecule has 2 aromatic heterocycles. The van der Waals surface area contributed by atoms with Crippen molar-refractivity contribution in [2.24, 2.45) is 0 Å². The first-order valence-corrected chi connectivity index (χ1v) is 3.51. The average molecular weight is 220 g/mol. The minimum atomic E-state index is 0. The molecule has 0 amide bonds. The molecule has 2 N–H and O–H groups in total. The van der Waals surface area contributed by atoms with Crippen molar-refractivity contribution in [1.29, 1.82) is 0 Å². The third-order valence-electron chi connectivity index (χ3n) is 1.69. The Hall–Kier alpha value is -0.930. The molecule has 0 saturated heterocycles. The van der Waals surface area contributed by atoms with E-state index in [9.17, 15) is 0 Å². The number of halogens is 2. The highest BCUT2D eigenvalue weighted by Crippen LogP contribution is 2.13. The van der Waals surface area contributed by atoms with Gasteiger partial charge in [0.25, 0.3) is 0 Å². The van der Waals surface area contributed by atoms with E-state index in [1.165, 1.54) is 0 Å². The Kier molecular flexibility index (Phi) is 4.59. The predicted molar refractivity (Wildman–Crippen MR) is 60.1 cm³/mol. The monoisotopic (exact) mass is 219 g/mol. The summed E-state index contributed by atoms with van der Waals surface area (Å²) in [7, 11) is 1.88. The first-order chi connectivity index (χ1) is 5.40. The third kappa shape index (κ3) is 2.26. The van der Waals surface area contributed by atoms with Gasteiger partial charge in [-0.3, -0.25) is 0 Å². The lowest BCUT2D eigenvalue weighted by atomic mass is 10.3. The van der Waals surface area contributed by atoms with E-state index in [4.69, 9.17) is 0 Å². The van der Waals surface area contributed by atoms with Gasteiger partial charge in [-0.2, -0.15) is 0 Å². The zero-order valence-corrected chi connectivity index (χ0v) is 8.71. The first-order valence-electron chi connectivity index (χ1n) is 3.51. The van der Waals surface area contributed by atoms with Crippen LogP contribution >= 0.6 is 24.8 Å². The smallest absolute Gasteiger partial charge is 0.137 e. The Labute approximate surface area is 88.8 Å². The molecule has 0 saturated carbocycles. The minimum Gasteiger partial charge on any atom is -0.387 e. The predicted octanol–water partition coefficient (Wildman–Crippen LogP) is 2.45. The molecule has 0 unspecified atom stereocenters. The first kappa shape index (κ1) is 12.1. The van der Waals surface area contributed by atoms with Gasteiger partial charge >= 0.3 is 0 Å². The normalized spacial score (nSPS) is 8.69. The Morgan fingerprint density at radius 1 is 1.38 bits per heavy atom. The Bertz CT molecular complexity index is 372.